The molecule has 2 nitrogen and oxygen atoms in total. The maximum absolute atomic E-state index is 12.7. The van der Waals surface area contributed by atoms with Crippen molar-refractivity contribution in [1.82, 2.24) is 0 Å². The van der Waals surface area contributed by atoms with Crippen LogP contribution in [0.3, 0.4) is 0 Å². The highest BCUT2D eigenvalue weighted by atomic mass is 19.4. The summed E-state index contributed by atoms with van der Waals surface area (Å²) in [5.74, 6) is 0.0491. The third kappa shape index (κ3) is 3.36. The maximum atomic E-state index is 12.7. The number of rotatable bonds is 2. The van der Waals surface area contributed by atoms with Crippen LogP contribution in [-0.4, -0.2) is 11.4 Å². The minimum atomic E-state index is -4.40. The van der Waals surface area contributed by atoms with E-state index in [0.717, 1.165) is 30.7 Å². The van der Waals surface area contributed by atoms with Gasteiger partial charge in [-0.3, -0.25) is 0 Å². The molecule has 27 heavy (non-hydrogen) atoms. The number of halogens is 6. The molecular formula is C19H12F6N2. The predicted molar refractivity (Wildman–Crippen MR) is 87.6 cm³/mol. The highest BCUT2D eigenvalue weighted by molar-refractivity contribution is 6.14. The van der Waals surface area contributed by atoms with Crippen molar-refractivity contribution in [2.24, 2.45) is 22.0 Å². The van der Waals surface area contributed by atoms with Gasteiger partial charge in [0.1, 0.15) is 0 Å². The summed E-state index contributed by atoms with van der Waals surface area (Å²) in [6.45, 7) is 0. The fourth-order valence-electron chi connectivity index (χ4n) is 3.26. The van der Waals surface area contributed by atoms with Gasteiger partial charge in [0.15, 0.2) is 0 Å². The normalized spacial score (nSPS) is 22.0. The van der Waals surface area contributed by atoms with Gasteiger partial charge >= 0.3 is 12.4 Å². The van der Waals surface area contributed by atoms with Gasteiger partial charge in [-0.05, 0) is 41.8 Å². The molecule has 140 valence electrons. The number of fused-ring (bicyclic) bond motifs is 1. The highest BCUT2D eigenvalue weighted by Gasteiger charge is 2.47. The van der Waals surface area contributed by atoms with Crippen molar-refractivity contribution in [3.8, 4) is 0 Å². The lowest BCUT2D eigenvalue weighted by Crippen LogP contribution is -2.16. The van der Waals surface area contributed by atoms with E-state index in [4.69, 9.17) is 0 Å². The molecule has 0 radical (unpaired) electrons. The van der Waals surface area contributed by atoms with Crippen molar-refractivity contribution in [2.75, 3.05) is 0 Å². The van der Waals surface area contributed by atoms with Crippen molar-refractivity contribution in [2.45, 2.75) is 18.8 Å². The molecule has 8 heteroatoms. The van der Waals surface area contributed by atoms with Crippen LogP contribution in [0.2, 0.25) is 0 Å². The number of nitrogens with zero attached hydrogens (tertiary/aromatic N) is 2. The number of hydrogen-bond donors (Lipinski definition) is 0. The number of alkyl halides is 6. The molecule has 4 rings (SSSR count). The third-order valence-electron chi connectivity index (χ3n) is 4.77. The first-order valence-corrected chi connectivity index (χ1v) is 8.15. The SMILES string of the molecule is FC(F)(F)c1ccc(C2=NN=C(c3ccc(C(F)(F)F)cc3)C3CC23)cc1. The van der Waals surface area contributed by atoms with Crippen LogP contribution in [0.4, 0.5) is 26.3 Å². The molecule has 0 aromatic heterocycles. The van der Waals surface area contributed by atoms with Crippen LogP contribution in [0.15, 0.2) is 58.7 Å². The van der Waals surface area contributed by atoms with Crippen LogP contribution >= 0.6 is 0 Å². The Morgan fingerprint density at radius 3 is 1.22 bits per heavy atom. The number of benzene rings is 2. The van der Waals surface area contributed by atoms with Crippen molar-refractivity contribution < 1.29 is 26.3 Å². The van der Waals surface area contributed by atoms with Gasteiger partial charge in [0.05, 0.1) is 22.6 Å². The Bertz CT molecular complexity index is 843. The van der Waals surface area contributed by atoms with Crippen LogP contribution in [0, 0.1) is 11.8 Å². The summed E-state index contributed by atoms with van der Waals surface area (Å²) >= 11 is 0. The van der Waals surface area contributed by atoms with Crippen molar-refractivity contribution in [1.29, 1.82) is 0 Å². The van der Waals surface area contributed by atoms with Crippen molar-refractivity contribution in [3.63, 3.8) is 0 Å². The van der Waals surface area contributed by atoms with E-state index in [1.54, 1.807) is 0 Å². The van der Waals surface area contributed by atoms with Crippen LogP contribution in [0.1, 0.15) is 28.7 Å². The first-order chi connectivity index (χ1) is 12.6. The Morgan fingerprint density at radius 2 is 0.926 bits per heavy atom. The first kappa shape index (κ1) is 17.8. The molecule has 1 saturated carbocycles. The van der Waals surface area contributed by atoms with Gasteiger partial charge in [-0.15, -0.1) is 0 Å². The van der Waals surface area contributed by atoms with Gasteiger partial charge in [0.25, 0.3) is 0 Å². The predicted octanol–water partition coefficient (Wildman–Crippen LogP) is 5.57. The van der Waals surface area contributed by atoms with E-state index in [1.165, 1.54) is 24.3 Å². The quantitative estimate of drug-likeness (QED) is 0.607. The summed E-state index contributed by atoms with van der Waals surface area (Å²) < 4.78 is 76.0. The Labute approximate surface area is 150 Å². The molecule has 1 heterocycles. The molecule has 1 aliphatic heterocycles. The number of hydrogen-bond acceptors (Lipinski definition) is 2. The molecule has 2 atom stereocenters. The smallest absolute Gasteiger partial charge is 0.166 e. The summed E-state index contributed by atoms with van der Waals surface area (Å²) in [7, 11) is 0. The molecule has 2 aliphatic rings. The minimum absolute atomic E-state index is 0.0246. The van der Waals surface area contributed by atoms with Crippen LogP contribution < -0.4 is 0 Å². The van der Waals surface area contributed by atoms with E-state index < -0.39 is 23.5 Å². The summed E-state index contributed by atoms with van der Waals surface area (Å²) in [6, 6.07) is 9.50. The van der Waals surface area contributed by atoms with Crippen LogP contribution in [-0.2, 0) is 12.4 Å². The Hall–Kier alpha value is -2.64. The Kier molecular flexibility index (Phi) is 3.90. The van der Waals surface area contributed by atoms with Crippen LogP contribution in [0.5, 0.6) is 0 Å². The van der Waals surface area contributed by atoms with Gasteiger partial charge in [-0.1, -0.05) is 24.3 Å². The van der Waals surface area contributed by atoms with Gasteiger partial charge in [0.2, 0.25) is 0 Å². The molecule has 0 N–H and O–H groups in total. The minimum Gasteiger partial charge on any atom is -0.166 e. The van der Waals surface area contributed by atoms with Crippen molar-refractivity contribution in [3.05, 3.63) is 70.8 Å². The van der Waals surface area contributed by atoms with E-state index in [-0.39, 0.29) is 11.8 Å². The largest absolute Gasteiger partial charge is 0.416 e. The Balaban J connectivity index is 1.60. The summed E-state index contributed by atoms with van der Waals surface area (Å²) in [5.41, 5.74) is 0.915. The second kappa shape index (κ2) is 5.94. The first-order valence-electron chi connectivity index (χ1n) is 8.15. The second-order valence-corrected chi connectivity index (χ2v) is 6.57. The summed E-state index contributed by atoms with van der Waals surface area (Å²) in [6.07, 6.45) is -8.08. The van der Waals surface area contributed by atoms with Gasteiger partial charge in [-0.25, -0.2) is 0 Å². The zero-order chi connectivity index (χ0) is 19.4. The molecule has 2 aromatic rings. The lowest BCUT2D eigenvalue weighted by atomic mass is 9.98. The van der Waals surface area contributed by atoms with E-state index in [9.17, 15) is 26.3 Å². The molecular weight excluding hydrogens is 370 g/mol. The van der Waals surface area contributed by atoms with E-state index in [2.05, 4.69) is 10.2 Å². The zero-order valence-corrected chi connectivity index (χ0v) is 13.6. The second-order valence-electron chi connectivity index (χ2n) is 6.57. The van der Waals surface area contributed by atoms with Gasteiger partial charge < -0.3 is 0 Å². The molecule has 1 aliphatic carbocycles. The third-order valence-corrected chi connectivity index (χ3v) is 4.77. The lowest BCUT2D eigenvalue weighted by molar-refractivity contribution is -0.138. The van der Waals surface area contributed by atoms with Gasteiger partial charge in [0, 0.05) is 11.8 Å². The molecule has 0 spiro atoms. The molecule has 0 bridgehead atoms. The summed E-state index contributed by atoms with van der Waals surface area (Å²) in [5, 5.41) is 8.29. The molecule has 0 saturated heterocycles. The highest BCUT2D eigenvalue weighted by Crippen LogP contribution is 2.46. The standard InChI is InChI=1S/C19H12F6N2/c20-18(21,22)12-5-1-10(2-6-12)16-14-9-15(14)17(27-26-16)11-3-7-13(8-4-11)19(23,24)25/h1-8,14-15H,9H2. The van der Waals surface area contributed by atoms with Crippen LogP contribution in [0.25, 0.3) is 0 Å². The van der Waals surface area contributed by atoms with Crippen molar-refractivity contribution >= 4 is 11.4 Å². The molecule has 1 fully saturated rings. The maximum Gasteiger partial charge on any atom is 0.416 e. The lowest BCUT2D eigenvalue weighted by Gasteiger charge is -2.14. The van der Waals surface area contributed by atoms with E-state index in [0.29, 0.717) is 22.6 Å². The molecule has 2 unspecified atom stereocenters. The van der Waals surface area contributed by atoms with Gasteiger partial charge in [-0.2, -0.15) is 36.5 Å². The zero-order valence-electron chi connectivity index (χ0n) is 13.6. The van der Waals surface area contributed by atoms with E-state index >= 15 is 0 Å². The fraction of sp³-hybridized carbons (Fsp3) is 0.263. The average Bonchev–Trinajstić information content (AvgIpc) is 3.40. The monoisotopic (exact) mass is 382 g/mol. The average molecular weight is 382 g/mol. The summed E-state index contributed by atoms with van der Waals surface area (Å²) in [4.78, 5) is 0. The van der Waals surface area contributed by atoms with E-state index in [1.807, 2.05) is 0 Å². The molecule has 0 amide bonds. The fourth-order valence-corrected chi connectivity index (χ4v) is 3.26. The Morgan fingerprint density at radius 1 is 0.593 bits per heavy atom. The molecule has 2 aromatic carbocycles. The topological polar surface area (TPSA) is 24.7 Å².